The van der Waals surface area contributed by atoms with Crippen molar-refractivity contribution >= 4 is 11.9 Å². The van der Waals surface area contributed by atoms with Gasteiger partial charge in [0.25, 0.3) is 5.91 Å². The van der Waals surface area contributed by atoms with Crippen molar-refractivity contribution in [3.63, 3.8) is 0 Å². The lowest BCUT2D eigenvalue weighted by Crippen LogP contribution is -2.40. The van der Waals surface area contributed by atoms with Crippen molar-refractivity contribution in [1.82, 2.24) is 4.90 Å². The van der Waals surface area contributed by atoms with E-state index in [1.807, 2.05) is 6.92 Å². The number of nitrogens with two attached hydrogens (primary N) is 1. The van der Waals surface area contributed by atoms with Gasteiger partial charge in [0.05, 0.1) is 0 Å². The Labute approximate surface area is 64.8 Å². The highest BCUT2D eigenvalue weighted by atomic mass is 16.5. The summed E-state index contributed by atoms with van der Waals surface area (Å²) < 4.78 is 5.08. The summed E-state index contributed by atoms with van der Waals surface area (Å²) in [5, 5.41) is 0. The Hall–Kier alpha value is -1.10. The lowest BCUT2D eigenvalue weighted by molar-refractivity contribution is -0.133. The number of carbonyl (C=O) groups excluding carboxylic acids is 1. The SMILES string of the molecule is CCO[C@@H]1C(=O)N=C(N)N1C. The van der Waals surface area contributed by atoms with Crippen molar-refractivity contribution in [2.45, 2.75) is 13.2 Å². The smallest absolute Gasteiger partial charge is 0.299 e. The molecule has 1 amide bonds. The van der Waals surface area contributed by atoms with E-state index in [2.05, 4.69) is 4.99 Å². The predicted molar refractivity (Wildman–Crippen MR) is 39.8 cm³/mol. The molecule has 0 bridgehead atoms. The average Bonchev–Trinajstić information content (AvgIpc) is 2.17. The first-order valence-electron chi connectivity index (χ1n) is 3.39. The Kier molecular flexibility index (Phi) is 2.09. The van der Waals surface area contributed by atoms with Gasteiger partial charge in [-0.05, 0) is 6.92 Å². The van der Waals surface area contributed by atoms with Gasteiger partial charge < -0.3 is 15.4 Å². The monoisotopic (exact) mass is 157 g/mol. The number of hydrogen-bond acceptors (Lipinski definition) is 4. The lowest BCUT2D eigenvalue weighted by atomic mass is 10.5. The maximum atomic E-state index is 11.0. The standard InChI is InChI=1S/C6H11N3O2/c1-3-11-5-4(10)8-6(7)9(5)2/h5H,3H2,1-2H3,(H2,7,8,10)/t5-/m1/s1. The molecule has 1 heterocycles. The molecule has 0 aromatic carbocycles. The van der Waals surface area contributed by atoms with Gasteiger partial charge in [-0.25, -0.2) is 0 Å². The summed E-state index contributed by atoms with van der Waals surface area (Å²) in [6.07, 6.45) is -0.611. The van der Waals surface area contributed by atoms with Crippen LogP contribution >= 0.6 is 0 Å². The minimum Gasteiger partial charge on any atom is -0.369 e. The minimum atomic E-state index is -0.611. The molecule has 0 radical (unpaired) electrons. The topological polar surface area (TPSA) is 67.9 Å². The fourth-order valence-electron chi connectivity index (χ4n) is 0.874. The van der Waals surface area contributed by atoms with Crippen LogP contribution in [0.15, 0.2) is 4.99 Å². The largest absolute Gasteiger partial charge is 0.369 e. The maximum absolute atomic E-state index is 11.0. The quantitative estimate of drug-likeness (QED) is 0.566. The van der Waals surface area contributed by atoms with Crippen LogP contribution in [-0.2, 0) is 9.53 Å². The van der Waals surface area contributed by atoms with Crippen LogP contribution in [-0.4, -0.2) is 36.6 Å². The van der Waals surface area contributed by atoms with Gasteiger partial charge in [0.15, 0.2) is 0 Å². The van der Waals surface area contributed by atoms with E-state index in [-0.39, 0.29) is 11.9 Å². The molecule has 62 valence electrons. The number of aliphatic imine (C=N–C) groups is 1. The van der Waals surface area contributed by atoms with Crippen LogP contribution in [0, 0.1) is 0 Å². The number of amides is 1. The Bertz CT molecular complexity index is 202. The molecule has 0 spiro atoms. The summed E-state index contributed by atoms with van der Waals surface area (Å²) in [7, 11) is 1.67. The number of rotatable bonds is 2. The Morgan fingerprint density at radius 1 is 1.82 bits per heavy atom. The first kappa shape index (κ1) is 8.00. The van der Waals surface area contributed by atoms with E-state index in [1.165, 1.54) is 4.90 Å². The Morgan fingerprint density at radius 2 is 2.45 bits per heavy atom. The molecule has 1 rings (SSSR count). The molecule has 0 aliphatic carbocycles. The predicted octanol–water partition coefficient (Wildman–Crippen LogP) is -0.864. The van der Waals surface area contributed by atoms with Crippen molar-refractivity contribution in [3.05, 3.63) is 0 Å². The molecule has 0 aromatic heterocycles. The first-order valence-corrected chi connectivity index (χ1v) is 3.39. The van der Waals surface area contributed by atoms with Crippen molar-refractivity contribution in [3.8, 4) is 0 Å². The number of hydrogen-bond donors (Lipinski definition) is 1. The zero-order valence-corrected chi connectivity index (χ0v) is 6.57. The summed E-state index contributed by atoms with van der Waals surface area (Å²) in [5.41, 5.74) is 5.36. The van der Waals surface area contributed by atoms with Crippen LogP contribution in [0.5, 0.6) is 0 Å². The van der Waals surface area contributed by atoms with E-state index in [1.54, 1.807) is 7.05 Å². The van der Waals surface area contributed by atoms with E-state index in [4.69, 9.17) is 10.5 Å². The van der Waals surface area contributed by atoms with Crippen LogP contribution < -0.4 is 5.73 Å². The van der Waals surface area contributed by atoms with Crippen molar-refractivity contribution in [2.24, 2.45) is 10.7 Å². The molecule has 1 aliphatic heterocycles. The number of likely N-dealkylation sites (N-methyl/N-ethyl adjacent to an activating group) is 1. The summed E-state index contributed by atoms with van der Waals surface area (Å²) in [5.74, 6) is -0.111. The molecule has 11 heavy (non-hydrogen) atoms. The maximum Gasteiger partial charge on any atom is 0.299 e. The van der Waals surface area contributed by atoms with Crippen molar-refractivity contribution in [1.29, 1.82) is 0 Å². The van der Waals surface area contributed by atoms with Crippen molar-refractivity contribution < 1.29 is 9.53 Å². The molecule has 0 aromatic rings. The lowest BCUT2D eigenvalue weighted by Gasteiger charge is -2.18. The highest BCUT2D eigenvalue weighted by molar-refractivity contribution is 6.01. The van der Waals surface area contributed by atoms with Crippen molar-refractivity contribution in [2.75, 3.05) is 13.7 Å². The van der Waals surface area contributed by atoms with E-state index in [0.717, 1.165) is 0 Å². The van der Waals surface area contributed by atoms with Gasteiger partial charge in [0, 0.05) is 13.7 Å². The Morgan fingerprint density at radius 3 is 2.82 bits per heavy atom. The van der Waals surface area contributed by atoms with Gasteiger partial charge in [-0.3, -0.25) is 4.79 Å². The van der Waals surface area contributed by atoms with E-state index >= 15 is 0 Å². The van der Waals surface area contributed by atoms with Crippen LogP contribution in [0.2, 0.25) is 0 Å². The molecule has 1 atom stereocenters. The molecule has 0 fully saturated rings. The molecule has 2 N–H and O–H groups in total. The molecule has 0 unspecified atom stereocenters. The fourth-order valence-corrected chi connectivity index (χ4v) is 0.874. The van der Waals surface area contributed by atoms with E-state index < -0.39 is 6.23 Å². The number of carbonyl (C=O) groups is 1. The molecule has 0 saturated heterocycles. The molecular formula is C6H11N3O2. The molecule has 1 aliphatic rings. The normalized spacial score (nSPS) is 24.2. The van der Waals surface area contributed by atoms with Gasteiger partial charge in [-0.15, -0.1) is 0 Å². The van der Waals surface area contributed by atoms with Gasteiger partial charge in [0.1, 0.15) is 0 Å². The second kappa shape index (κ2) is 2.87. The third kappa shape index (κ3) is 1.32. The number of nitrogens with zero attached hydrogens (tertiary/aromatic N) is 2. The molecule has 5 nitrogen and oxygen atoms in total. The summed E-state index contributed by atoms with van der Waals surface area (Å²) in [6.45, 7) is 2.29. The second-order valence-corrected chi connectivity index (χ2v) is 2.23. The second-order valence-electron chi connectivity index (χ2n) is 2.23. The van der Waals surface area contributed by atoms with Crippen LogP contribution in [0.4, 0.5) is 0 Å². The summed E-state index contributed by atoms with van der Waals surface area (Å²) >= 11 is 0. The molecular weight excluding hydrogens is 146 g/mol. The van der Waals surface area contributed by atoms with Gasteiger partial charge in [0.2, 0.25) is 12.2 Å². The highest BCUT2D eigenvalue weighted by Gasteiger charge is 2.31. The number of guanidine groups is 1. The summed E-state index contributed by atoms with van der Waals surface area (Å²) in [4.78, 5) is 16.0. The fraction of sp³-hybridized carbons (Fsp3) is 0.667. The summed E-state index contributed by atoms with van der Waals surface area (Å²) in [6, 6.07) is 0. The molecule has 5 heteroatoms. The van der Waals surface area contributed by atoms with Crippen LogP contribution in [0.3, 0.4) is 0 Å². The zero-order valence-electron chi connectivity index (χ0n) is 6.57. The zero-order chi connectivity index (χ0) is 8.43. The average molecular weight is 157 g/mol. The van der Waals surface area contributed by atoms with Gasteiger partial charge >= 0.3 is 0 Å². The van der Waals surface area contributed by atoms with E-state index in [0.29, 0.717) is 6.61 Å². The third-order valence-corrected chi connectivity index (χ3v) is 1.47. The van der Waals surface area contributed by atoms with Crippen LogP contribution in [0.25, 0.3) is 0 Å². The van der Waals surface area contributed by atoms with Gasteiger partial charge in [-0.1, -0.05) is 0 Å². The molecule has 0 saturated carbocycles. The minimum absolute atomic E-state index is 0.216. The van der Waals surface area contributed by atoms with E-state index in [9.17, 15) is 4.79 Å². The van der Waals surface area contributed by atoms with Crippen LogP contribution in [0.1, 0.15) is 6.92 Å². The third-order valence-electron chi connectivity index (χ3n) is 1.47. The van der Waals surface area contributed by atoms with Gasteiger partial charge in [-0.2, -0.15) is 4.99 Å². The Balaban J connectivity index is 2.64. The number of ether oxygens (including phenoxy) is 1. The highest BCUT2D eigenvalue weighted by Crippen LogP contribution is 2.07. The first-order chi connectivity index (χ1) is 5.16.